The number of nitrogens with one attached hydrogen (secondary N) is 1. The number of imidazole rings is 1. The fourth-order valence-corrected chi connectivity index (χ4v) is 2.52. The smallest absolute Gasteiger partial charge is 0.326 e. The van der Waals surface area contributed by atoms with Crippen LogP contribution < -0.4 is 5.69 Å². The van der Waals surface area contributed by atoms with Gasteiger partial charge in [-0.1, -0.05) is 0 Å². The molecule has 6 nitrogen and oxygen atoms in total. The van der Waals surface area contributed by atoms with E-state index in [0.29, 0.717) is 24.0 Å². The molecule has 0 atom stereocenters. The molecule has 2 aromatic heterocycles. The molecule has 1 N–H and O–H groups in total. The number of hydrogen-bond donors (Lipinski definition) is 1. The number of halogens is 1. The number of likely N-dealkylation sites (N-methyl/N-ethyl adjacent to an activating group) is 1. The fraction of sp³-hybridized carbons (Fsp3) is 0.235. The minimum absolute atomic E-state index is 0.0860. The van der Waals surface area contributed by atoms with Crippen molar-refractivity contribution in [1.82, 2.24) is 19.4 Å². The summed E-state index contributed by atoms with van der Waals surface area (Å²) in [5.74, 6) is -0.618. The van der Waals surface area contributed by atoms with Crippen LogP contribution in [0.15, 0.2) is 47.5 Å². The highest BCUT2D eigenvalue weighted by atomic mass is 19.1. The zero-order valence-corrected chi connectivity index (χ0v) is 13.2. The molecular weight excluding hydrogens is 311 g/mol. The number of H-pyrrole nitrogens is 1. The normalized spacial score (nSPS) is 10.9. The summed E-state index contributed by atoms with van der Waals surface area (Å²) in [6, 6.07) is 7.80. The van der Waals surface area contributed by atoms with Crippen LogP contribution in [0, 0.1) is 5.82 Å². The molecule has 24 heavy (non-hydrogen) atoms. The van der Waals surface area contributed by atoms with Gasteiger partial charge in [-0.3, -0.25) is 14.3 Å². The van der Waals surface area contributed by atoms with E-state index >= 15 is 0 Å². The number of nitrogens with zero attached hydrogens (tertiary/aromatic N) is 3. The lowest BCUT2D eigenvalue weighted by molar-refractivity contribution is -0.130. The van der Waals surface area contributed by atoms with Gasteiger partial charge in [0.1, 0.15) is 12.4 Å². The molecule has 7 heteroatoms. The van der Waals surface area contributed by atoms with Crippen LogP contribution in [0.4, 0.5) is 4.39 Å². The number of carbonyl (C=O) groups excluding carboxylic acids is 1. The zero-order valence-electron chi connectivity index (χ0n) is 13.2. The highest BCUT2D eigenvalue weighted by Crippen LogP contribution is 2.12. The van der Waals surface area contributed by atoms with Crippen molar-refractivity contribution < 1.29 is 9.18 Å². The van der Waals surface area contributed by atoms with Crippen LogP contribution in [-0.2, 0) is 17.8 Å². The molecule has 0 aliphatic heterocycles. The fourth-order valence-electron chi connectivity index (χ4n) is 2.52. The van der Waals surface area contributed by atoms with E-state index in [9.17, 15) is 14.0 Å². The second-order valence-corrected chi connectivity index (χ2v) is 5.60. The predicted molar refractivity (Wildman–Crippen MR) is 88.1 cm³/mol. The molecule has 0 radical (unpaired) electrons. The molecule has 3 rings (SSSR count). The summed E-state index contributed by atoms with van der Waals surface area (Å²) >= 11 is 0. The maximum atomic E-state index is 13.2. The summed E-state index contributed by atoms with van der Waals surface area (Å²) in [5, 5.41) is 0. The van der Waals surface area contributed by atoms with E-state index in [1.807, 2.05) is 12.1 Å². The molecule has 0 spiro atoms. The van der Waals surface area contributed by atoms with E-state index in [-0.39, 0.29) is 12.5 Å². The van der Waals surface area contributed by atoms with Crippen molar-refractivity contribution in [2.45, 2.75) is 13.0 Å². The van der Waals surface area contributed by atoms with Crippen LogP contribution in [0.1, 0.15) is 5.56 Å². The number of fused-ring (bicyclic) bond motifs is 1. The predicted octanol–water partition coefficient (Wildman–Crippen LogP) is 1.56. The van der Waals surface area contributed by atoms with E-state index in [2.05, 4.69) is 9.97 Å². The third-order valence-corrected chi connectivity index (χ3v) is 3.94. The lowest BCUT2D eigenvalue weighted by atomic mass is 10.2. The van der Waals surface area contributed by atoms with Crippen molar-refractivity contribution in [3.63, 3.8) is 0 Å². The average Bonchev–Trinajstić information content (AvgIpc) is 2.88. The first-order chi connectivity index (χ1) is 11.5. The van der Waals surface area contributed by atoms with Crippen LogP contribution in [0.25, 0.3) is 11.0 Å². The maximum absolute atomic E-state index is 13.2. The second-order valence-electron chi connectivity index (χ2n) is 5.60. The Bertz CT molecular complexity index is 917. The summed E-state index contributed by atoms with van der Waals surface area (Å²) in [6.07, 6.45) is 4.13. The molecule has 2 heterocycles. The Morgan fingerprint density at radius 1 is 1.29 bits per heavy atom. The Morgan fingerprint density at radius 3 is 2.79 bits per heavy atom. The Balaban J connectivity index is 1.70. The van der Waals surface area contributed by atoms with Crippen molar-refractivity contribution in [2.24, 2.45) is 0 Å². The second kappa shape index (κ2) is 6.66. The van der Waals surface area contributed by atoms with Crippen molar-refractivity contribution in [3.05, 3.63) is 64.6 Å². The molecule has 0 aliphatic carbocycles. The van der Waals surface area contributed by atoms with Gasteiger partial charge in [0.15, 0.2) is 0 Å². The Morgan fingerprint density at radius 2 is 2.04 bits per heavy atom. The van der Waals surface area contributed by atoms with E-state index in [0.717, 1.165) is 5.56 Å². The number of aromatic nitrogens is 3. The summed E-state index contributed by atoms with van der Waals surface area (Å²) in [5.41, 5.74) is 1.56. The van der Waals surface area contributed by atoms with Gasteiger partial charge in [0.2, 0.25) is 5.91 Å². The minimum atomic E-state index is -0.434. The molecule has 1 amide bonds. The van der Waals surface area contributed by atoms with Crippen LogP contribution in [-0.4, -0.2) is 38.9 Å². The summed E-state index contributed by atoms with van der Waals surface area (Å²) in [7, 11) is 1.70. The van der Waals surface area contributed by atoms with Crippen molar-refractivity contribution in [3.8, 4) is 0 Å². The maximum Gasteiger partial charge on any atom is 0.326 e. The summed E-state index contributed by atoms with van der Waals surface area (Å²) in [4.78, 5) is 32.4. The number of benzene rings is 1. The van der Waals surface area contributed by atoms with Gasteiger partial charge in [-0.05, 0) is 42.3 Å². The number of hydrogen-bond acceptors (Lipinski definition) is 3. The van der Waals surface area contributed by atoms with Crippen LogP contribution >= 0.6 is 0 Å². The highest BCUT2D eigenvalue weighted by molar-refractivity contribution is 5.80. The number of carbonyl (C=O) groups is 1. The molecule has 0 saturated carbocycles. The van der Waals surface area contributed by atoms with Gasteiger partial charge in [0.05, 0.1) is 11.0 Å². The van der Waals surface area contributed by atoms with E-state index in [1.165, 1.54) is 22.8 Å². The third kappa shape index (κ3) is 3.34. The first-order valence-corrected chi connectivity index (χ1v) is 7.55. The molecule has 3 aromatic rings. The lowest BCUT2D eigenvalue weighted by Crippen LogP contribution is -2.34. The van der Waals surface area contributed by atoms with Gasteiger partial charge < -0.3 is 9.88 Å². The Labute approximate surface area is 137 Å². The molecule has 0 unspecified atom stereocenters. The molecule has 0 aliphatic rings. The van der Waals surface area contributed by atoms with Crippen LogP contribution in [0.5, 0.6) is 0 Å². The molecule has 0 bridgehead atoms. The van der Waals surface area contributed by atoms with Gasteiger partial charge in [-0.15, -0.1) is 0 Å². The topological polar surface area (TPSA) is 71.0 Å². The molecule has 0 fully saturated rings. The van der Waals surface area contributed by atoms with E-state index < -0.39 is 11.5 Å². The first-order valence-electron chi connectivity index (χ1n) is 7.55. The van der Waals surface area contributed by atoms with Crippen molar-refractivity contribution in [1.29, 1.82) is 0 Å². The van der Waals surface area contributed by atoms with Gasteiger partial charge >= 0.3 is 5.69 Å². The number of rotatable bonds is 5. The summed E-state index contributed by atoms with van der Waals surface area (Å²) in [6.45, 7) is 0.450. The number of aromatic amines is 1. The van der Waals surface area contributed by atoms with Gasteiger partial charge in [-0.25, -0.2) is 9.18 Å². The molecule has 0 saturated heterocycles. The Hall–Kier alpha value is -2.96. The lowest BCUT2D eigenvalue weighted by Gasteiger charge is -2.17. The molecule has 1 aromatic carbocycles. The van der Waals surface area contributed by atoms with Gasteiger partial charge in [-0.2, -0.15) is 0 Å². The standard InChI is InChI=1S/C17H17FN4O2/c1-21(9-6-12-4-7-19-8-5-12)16(23)11-22-15-3-2-13(18)10-14(15)20-17(22)24/h2-5,7-8,10H,6,9,11H2,1H3,(H,20,24). The zero-order chi connectivity index (χ0) is 17.1. The van der Waals surface area contributed by atoms with Crippen LogP contribution in [0.3, 0.4) is 0 Å². The van der Waals surface area contributed by atoms with Crippen molar-refractivity contribution >= 4 is 16.9 Å². The highest BCUT2D eigenvalue weighted by Gasteiger charge is 2.14. The number of pyridine rings is 1. The average molecular weight is 328 g/mol. The largest absolute Gasteiger partial charge is 0.344 e. The first kappa shape index (κ1) is 15.9. The SMILES string of the molecule is CN(CCc1ccncc1)C(=O)Cn1c(=O)[nH]c2cc(F)ccc21. The monoisotopic (exact) mass is 328 g/mol. The molecular formula is C17H17FN4O2. The van der Waals surface area contributed by atoms with Gasteiger partial charge in [0.25, 0.3) is 0 Å². The Kier molecular flexibility index (Phi) is 4.41. The van der Waals surface area contributed by atoms with Crippen LogP contribution in [0.2, 0.25) is 0 Å². The molecule has 124 valence electrons. The van der Waals surface area contributed by atoms with E-state index in [4.69, 9.17) is 0 Å². The number of amides is 1. The minimum Gasteiger partial charge on any atom is -0.344 e. The van der Waals surface area contributed by atoms with Crippen molar-refractivity contribution in [2.75, 3.05) is 13.6 Å². The van der Waals surface area contributed by atoms with E-state index in [1.54, 1.807) is 24.3 Å². The summed E-state index contributed by atoms with van der Waals surface area (Å²) < 4.78 is 14.5. The van der Waals surface area contributed by atoms with Gasteiger partial charge in [0, 0.05) is 26.0 Å². The quantitative estimate of drug-likeness (QED) is 0.773. The third-order valence-electron chi connectivity index (χ3n) is 3.94.